The predicted octanol–water partition coefficient (Wildman–Crippen LogP) is 7.06. The highest BCUT2D eigenvalue weighted by Crippen LogP contribution is 2.43. The zero-order chi connectivity index (χ0) is 44.9. The minimum absolute atomic E-state index is 0.0286. The summed E-state index contributed by atoms with van der Waals surface area (Å²) in [5.74, 6) is -3.41. The average molecular weight is 873 g/mol. The zero-order valence-corrected chi connectivity index (χ0v) is 36.4. The number of rotatable bonds is 23. The summed E-state index contributed by atoms with van der Waals surface area (Å²) in [5, 5.41) is 14.1. The summed E-state index contributed by atoms with van der Waals surface area (Å²) in [5.41, 5.74) is 2.15. The molecule has 0 aromatic heterocycles. The molecule has 340 valence electrons. The van der Waals surface area contributed by atoms with Gasteiger partial charge in [0.25, 0.3) is 5.91 Å². The second kappa shape index (κ2) is 22.4. The molecule has 2 aliphatic carbocycles. The molecule has 63 heavy (non-hydrogen) atoms. The lowest BCUT2D eigenvalue weighted by Crippen LogP contribution is -2.53. The van der Waals surface area contributed by atoms with Crippen LogP contribution in [-0.2, 0) is 19.2 Å². The van der Waals surface area contributed by atoms with Crippen LogP contribution in [0.25, 0.3) is 0 Å². The summed E-state index contributed by atoms with van der Waals surface area (Å²) in [6.45, 7) is 3.92. The van der Waals surface area contributed by atoms with Gasteiger partial charge in [0, 0.05) is 62.1 Å². The Kier molecular flexibility index (Phi) is 16.8. The Morgan fingerprint density at radius 3 is 1.71 bits per heavy atom. The van der Waals surface area contributed by atoms with Crippen molar-refractivity contribution < 1.29 is 37.1 Å². The third-order valence-corrected chi connectivity index (χ3v) is 12.6. The first kappa shape index (κ1) is 47.2. The van der Waals surface area contributed by atoms with Crippen molar-refractivity contribution in [3.63, 3.8) is 0 Å². The summed E-state index contributed by atoms with van der Waals surface area (Å²) >= 11 is 0. The van der Waals surface area contributed by atoms with E-state index in [-0.39, 0.29) is 66.4 Å². The topological polar surface area (TPSA) is 149 Å². The summed E-state index contributed by atoms with van der Waals surface area (Å²) in [4.78, 5) is 69.1. The monoisotopic (exact) mass is 872 g/mol. The van der Waals surface area contributed by atoms with Crippen molar-refractivity contribution in [1.29, 1.82) is 0 Å². The molecule has 6 rings (SSSR count). The van der Waals surface area contributed by atoms with E-state index in [9.17, 15) is 37.1 Å². The number of hydrogen-bond acceptors (Lipinski definition) is 6. The molecule has 5 N–H and O–H groups in total. The van der Waals surface area contributed by atoms with Gasteiger partial charge in [-0.05, 0) is 54.5 Å². The highest BCUT2D eigenvalue weighted by molar-refractivity contribution is 5.97. The first-order valence-corrected chi connectivity index (χ1v) is 22.8. The van der Waals surface area contributed by atoms with Crippen LogP contribution in [0.1, 0.15) is 129 Å². The fourth-order valence-corrected chi connectivity index (χ4v) is 8.66. The Labute approximate surface area is 369 Å². The van der Waals surface area contributed by atoms with Gasteiger partial charge in [0.2, 0.25) is 23.6 Å². The first-order valence-electron chi connectivity index (χ1n) is 22.8. The van der Waals surface area contributed by atoms with E-state index in [2.05, 4.69) is 33.5 Å². The van der Waals surface area contributed by atoms with Gasteiger partial charge in [-0.1, -0.05) is 125 Å². The Bertz CT molecular complexity index is 1910. The van der Waals surface area contributed by atoms with Gasteiger partial charge in [-0.2, -0.15) is 13.2 Å². The molecule has 3 aromatic rings. The van der Waals surface area contributed by atoms with Gasteiger partial charge in [0.05, 0.1) is 11.8 Å². The number of hydrogen-bond donors (Lipinski definition) is 5. The van der Waals surface area contributed by atoms with Crippen LogP contribution in [0.2, 0.25) is 0 Å². The highest BCUT2D eigenvalue weighted by atomic mass is 19.4. The Morgan fingerprint density at radius 2 is 1.21 bits per heavy atom. The van der Waals surface area contributed by atoms with Crippen LogP contribution in [0.15, 0.2) is 84.9 Å². The molecule has 0 radical (unpaired) electrons. The van der Waals surface area contributed by atoms with Crippen LogP contribution in [0, 0.1) is 11.8 Å². The lowest BCUT2D eigenvalue weighted by molar-refractivity contribution is -0.158. The minimum Gasteiger partial charge on any atom is -0.354 e. The Hall–Kier alpha value is -5.24. The number of carbonyl (C=O) groups is 5. The van der Waals surface area contributed by atoms with Gasteiger partial charge in [0.15, 0.2) is 0 Å². The van der Waals surface area contributed by atoms with Gasteiger partial charge in [-0.15, -0.1) is 0 Å². The molecule has 1 saturated heterocycles. The predicted molar refractivity (Wildman–Crippen MR) is 235 cm³/mol. The number of alkyl halides is 3. The number of nitrogens with zero attached hydrogens (tertiary/aromatic N) is 1. The molecule has 11 nitrogen and oxygen atoms in total. The highest BCUT2D eigenvalue weighted by Gasteiger charge is 2.49. The SMILES string of the molecule is CCCCCCNC(=O)[C@H](CN[C@@H](c1ccc(C(=O)N2CC(C(=O)N[C@H]3C[C@@H]3c3ccccc3)C(C(=O)N[C@H]3C[C@@H]3c3ccccc3)C2)cc1)C(F)(F)F)NC(=O)CCCCCC. The molecule has 3 aromatic carbocycles. The maximum Gasteiger partial charge on any atom is 0.407 e. The van der Waals surface area contributed by atoms with Crippen LogP contribution in [0.5, 0.6) is 0 Å². The number of benzene rings is 3. The first-order chi connectivity index (χ1) is 30.4. The molecule has 8 atom stereocenters. The van der Waals surface area contributed by atoms with Crippen LogP contribution in [-0.4, -0.2) is 84.9 Å². The van der Waals surface area contributed by atoms with Gasteiger partial charge in [-0.25, -0.2) is 0 Å². The van der Waals surface area contributed by atoms with Crippen molar-refractivity contribution in [3.8, 4) is 0 Å². The van der Waals surface area contributed by atoms with Crippen LogP contribution < -0.4 is 26.6 Å². The fourth-order valence-electron chi connectivity index (χ4n) is 8.66. The van der Waals surface area contributed by atoms with E-state index in [1.54, 1.807) is 0 Å². The standard InChI is InChI=1S/C49H63F3N6O5/c1-3-5-7-15-21-43(59)55-42(47(62)53-26-16-8-6-4-2)29-54-44(49(50,51)52)34-22-24-35(25-23-34)48(63)58-30-38(45(60)56-40-27-36(40)32-17-11-9-12-18-32)39(31-58)46(61)57-41-28-37(41)33-19-13-10-14-20-33/h9-14,17-20,22-25,36-42,44,54H,3-8,15-16,21,26-31H2,1-2H3,(H,53,62)(H,55,59)(H,56,60)(H,57,61)/t36-,37-,38?,39?,40+,41+,42+,44+/m1/s1. The van der Waals surface area contributed by atoms with Crippen molar-refractivity contribution in [2.24, 2.45) is 11.8 Å². The van der Waals surface area contributed by atoms with E-state index < -0.39 is 54.4 Å². The maximum atomic E-state index is 14.7. The lowest BCUT2D eigenvalue weighted by Gasteiger charge is -2.26. The van der Waals surface area contributed by atoms with Crippen molar-refractivity contribution >= 4 is 29.5 Å². The fraction of sp³-hybridized carbons (Fsp3) is 0.531. The van der Waals surface area contributed by atoms with Gasteiger partial charge < -0.3 is 26.2 Å². The largest absolute Gasteiger partial charge is 0.407 e. The van der Waals surface area contributed by atoms with Crippen LogP contribution in [0.4, 0.5) is 13.2 Å². The van der Waals surface area contributed by atoms with Crippen molar-refractivity contribution in [3.05, 3.63) is 107 Å². The quantitative estimate of drug-likeness (QED) is 0.0645. The molecule has 2 saturated carbocycles. The van der Waals surface area contributed by atoms with E-state index in [1.807, 2.05) is 67.6 Å². The molecule has 1 heterocycles. The van der Waals surface area contributed by atoms with E-state index >= 15 is 0 Å². The Morgan fingerprint density at radius 1 is 0.683 bits per heavy atom. The maximum absolute atomic E-state index is 14.7. The molecule has 14 heteroatoms. The van der Waals surface area contributed by atoms with Crippen LogP contribution >= 0.6 is 0 Å². The number of unbranched alkanes of at least 4 members (excludes halogenated alkanes) is 6. The molecule has 3 aliphatic rings. The third kappa shape index (κ3) is 13.4. The van der Waals surface area contributed by atoms with E-state index in [1.165, 1.54) is 29.2 Å². The number of carbonyl (C=O) groups excluding carboxylic acids is 5. The summed E-state index contributed by atoms with van der Waals surface area (Å²) in [7, 11) is 0. The second-order valence-corrected chi connectivity index (χ2v) is 17.4. The molecule has 0 bridgehead atoms. The molecule has 5 amide bonds. The molecular formula is C49H63F3N6O5. The molecule has 0 spiro atoms. The van der Waals surface area contributed by atoms with Crippen LogP contribution in [0.3, 0.4) is 0 Å². The molecule has 1 aliphatic heterocycles. The molecule has 2 unspecified atom stereocenters. The second-order valence-electron chi connectivity index (χ2n) is 17.4. The smallest absolute Gasteiger partial charge is 0.354 e. The van der Waals surface area contributed by atoms with Gasteiger partial charge >= 0.3 is 6.18 Å². The number of halogens is 3. The summed E-state index contributed by atoms with van der Waals surface area (Å²) in [6.07, 6.45) is 3.90. The zero-order valence-electron chi connectivity index (χ0n) is 36.4. The van der Waals surface area contributed by atoms with Crippen molar-refractivity contribution in [1.82, 2.24) is 31.5 Å². The van der Waals surface area contributed by atoms with Crippen molar-refractivity contribution in [2.75, 3.05) is 26.2 Å². The molecule has 3 fully saturated rings. The summed E-state index contributed by atoms with van der Waals surface area (Å²) in [6, 6.07) is 21.2. The third-order valence-electron chi connectivity index (χ3n) is 12.6. The normalized spacial score (nSPS) is 22.4. The summed E-state index contributed by atoms with van der Waals surface area (Å²) < 4.78 is 44.0. The number of likely N-dealkylation sites (tertiary alicyclic amines) is 1. The van der Waals surface area contributed by atoms with Crippen molar-refractivity contribution in [2.45, 2.75) is 127 Å². The lowest BCUT2D eigenvalue weighted by atomic mass is 9.94. The van der Waals surface area contributed by atoms with E-state index in [0.29, 0.717) is 19.4 Å². The Balaban J connectivity index is 1.11. The number of nitrogens with one attached hydrogen (secondary N) is 5. The molecular weight excluding hydrogens is 810 g/mol. The minimum atomic E-state index is -4.78. The van der Waals surface area contributed by atoms with E-state index in [4.69, 9.17) is 0 Å². The number of amides is 5. The average Bonchev–Trinajstić information content (AvgIpc) is 4.19. The van der Waals surface area contributed by atoms with Gasteiger partial charge in [-0.3, -0.25) is 29.3 Å². The van der Waals surface area contributed by atoms with E-state index in [0.717, 1.165) is 62.5 Å². The van der Waals surface area contributed by atoms with Gasteiger partial charge in [0.1, 0.15) is 12.1 Å².